The van der Waals surface area contributed by atoms with Crippen molar-refractivity contribution in [2.24, 2.45) is 0 Å². The fourth-order valence-corrected chi connectivity index (χ4v) is 1.66. The van der Waals surface area contributed by atoms with Gasteiger partial charge in [-0.3, -0.25) is 0 Å². The predicted molar refractivity (Wildman–Crippen MR) is 66.9 cm³/mol. The molecule has 0 atom stereocenters. The third-order valence-electron chi connectivity index (χ3n) is 2.45. The molecule has 0 fully saturated rings. The molecule has 0 amide bonds. The summed E-state index contributed by atoms with van der Waals surface area (Å²) in [4.78, 5) is 8.39. The molecule has 2 aromatic rings. The average Bonchev–Trinajstić information content (AvgIpc) is 2.29. The van der Waals surface area contributed by atoms with E-state index >= 15 is 0 Å². The second kappa shape index (κ2) is 5.00. The SMILES string of the molecule is Cc1cc(NCc2ccc(O)c(F)c2)nc(C)n1. The minimum Gasteiger partial charge on any atom is -0.505 e. The third kappa shape index (κ3) is 2.94. The van der Waals surface area contributed by atoms with Crippen LogP contribution in [0.25, 0.3) is 0 Å². The van der Waals surface area contributed by atoms with Crippen molar-refractivity contribution in [3.63, 3.8) is 0 Å². The van der Waals surface area contributed by atoms with Gasteiger partial charge in [0.15, 0.2) is 11.6 Å². The number of benzene rings is 1. The molecule has 1 aromatic heterocycles. The summed E-state index contributed by atoms with van der Waals surface area (Å²) in [6, 6.07) is 6.11. The highest BCUT2D eigenvalue weighted by molar-refractivity contribution is 5.37. The number of aryl methyl sites for hydroxylation is 2. The molecule has 0 bridgehead atoms. The largest absolute Gasteiger partial charge is 0.505 e. The second-order valence-corrected chi connectivity index (χ2v) is 4.08. The van der Waals surface area contributed by atoms with Gasteiger partial charge in [0.2, 0.25) is 0 Å². The normalized spacial score (nSPS) is 10.4. The Bertz CT molecular complexity index is 552. The van der Waals surface area contributed by atoms with E-state index in [0.29, 0.717) is 18.2 Å². The maximum Gasteiger partial charge on any atom is 0.165 e. The molecule has 0 spiro atoms. The molecule has 0 aliphatic rings. The molecule has 0 aliphatic carbocycles. The van der Waals surface area contributed by atoms with E-state index in [1.54, 1.807) is 6.07 Å². The summed E-state index contributed by atoms with van der Waals surface area (Å²) in [5.41, 5.74) is 1.61. The first-order valence-corrected chi connectivity index (χ1v) is 5.58. The highest BCUT2D eigenvalue weighted by Gasteiger charge is 2.03. The molecule has 0 aliphatic heterocycles. The lowest BCUT2D eigenvalue weighted by molar-refractivity contribution is 0.432. The molecular weight excluding hydrogens is 233 g/mol. The van der Waals surface area contributed by atoms with Crippen molar-refractivity contribution in [1.29, 1.82) is 0 Å². The molecule has 0 saturated carbocycles. The van der Waals surface area contributed by atoms with Gasteiger partial charge < -0.3 is 10.4 Å². The maximum atomic E-state index is 13.1. The van der Waals surface area contributed by atoms with E-state index in [1.807, 2.05) is 19.9 Å². The molecule has 4 nitrogen and oxygen atoms in total. The van der Waals surface area contributed by atoms with Gasteiger partial charge in [0.05, 0.1) is 0 Å². The monoisotopic (exact) mass is 247 g/mol. The van der Waals surface area contributed by atoms with Gasteiger partial charge in [-0.05, 0) is 31.5 Å². The highest BCUT2D eigenvalue weighted by atomic mass is 19.1. The van der Waals surface area contributed by atoms with E-state index in [-0.39, 0.29) is 5.75 Å². The van der Waals surface area contributed by atoms with E-state index in [4.69, 9.17) is 5.11 Å². The van der Waals surface area contributed by atoms with Gasteiger partial charge in [0.25, 0.3) is 0 Å². The Balaban J connectivity index is 2.08. The van der Waals surface area contributed by atoms with Gasteiger partial charge in [-0.15, -0.1) is 0 Å². The molecule has 1 aromatic carbocycles. The van der Waals surface area contributed by atoms with E-state index in [1.165, 1.54) is 12.1 Å². The number of halogens is 1. The van der Waals surface area contributed by atoms with Crippen LogP contribution in [-0.2, 0) is 6.54 Å². The van der Waals surface area contributed by atoms with Crippen LogP contribution in [0.5, 0.6) is 5.75 Å². The van der Waals surface area contributed by atoms with Crippen molar-refractivity contribution >= 4 is 5.82 Å². The van der Waals surface area contributed by atoms with Crippen molar-refractivity contribution in [1.82, 2.24) is 9.97 Å². The Morgan fingerprint density at radius 1 is 1.22 bits per heavy atom. The van der Waals surface area contributed by atoms with Crippen molar-refractivity contribution in [3.8, 4) is 5.75 Å². The van der Waals surface area contributed by atoms with Crippen LogP contribution in [-0.4, -0.2) is 15.1 Å². The lowest BCUT2D eigenvalue weighted by Gasteiger charge is -2.07. The second-order valence-electron chi connectivity index (χ2n) is 4.08. The first-order valence-electron chi connectivity index (χ1n) is 5.58. The molecule has 0 radical (unpaired) electrons. The third-order valence-corrected chi connectivity index (χ3v) is 2.45. The number of rotatable bonds is 3. The predicted octanol–water partition coefficient (Wildman–Crippen LogP) is 2.55. The summed E-state index contributed by atoms with van der Waals surface area (Å²) >= 11 is 0. The van der Waals surface area contributed by atoms with E-state index < -0.39 is 5.82 Å². The van der Waals surface area contributed by atoms with Gasteiger partial charge in [0, 0.05) is 18.3 Å². The molecule has 0 unspecified atom stereocenters. The summed E-state index contributed by atoms with van der Waals surface area (Å²) in [5.74, 6) is 0.430. The Kier molecular flexibility index (Phi) is 3.41. The first kappa shape index (κ1) is 12.3. The quantitative estimate of drug-likeness (QED) is 0.875. The first-order chi connectivity index (χ1) is 8.54. The summed E-state index contributed by atoms with van der Waals surface area (Å²) in [5, 5.41) is 12.2. The Labute approximate surface area is 105 Å². The van der Waals surface area contributed by atoms with Crippen LogP contribution >= 0.6 is 0 Å². The van der Waals surface area contributed by atoms with Crippen LogP contribution in [0.4, 0.5) is 10.2 Å². The van der Waals surface area contributed by atoms with Gasteiger partial charge in [-0.25, -0.2) is 14.4 Å². The number of hydrogen-bond acceptors (Lipinski definition) is 4. The lowest BCUT2D eigenvalue weighted by atomic mass is 10.2. The number of phenolic OH excluding ortho intramolecular Hbond substituents is 1. The number of anilines is 1. The molecule has 2 N–H and O–H groups in total. The van der Waals surface area contributed by atoms with Crippen molar-refractivity contribution in [2.75, 3.05) is 5.32 Å². The smallest absolute Gasteiger partial charge is 0.165 e. The zero-order chi connectivity index (χ0) is 13.1. The fraction of sp³-hybridized carbons (Fsp3) is 0.231. The van der Waals surface area contributed by atoms with Crippen molar-refractivity contribution in [2.45, 2.75) is 20.4 Å². The Hall–Kier alpha value is -2.17. The summed E-state index contributed by atoms with van der Waals surface area (Å²) in [6.07, 6.45) is 0. The minimum absolute atomic E-state index is 0.340. The fourth-order valence-electron chi connectivity index (χ4n) is 1.66. The van der Waals surface area contributed by atoms with Crippen LogP contribution < -0.4 is 5.32 Å². The van der Waals surface area contributed by atoms with Crippen LogP contribution in [0.1, 0.15) is 17.1 Å². The molecule has 1 heterocycles. The van der Waals surface area contributed by atoms with Crippen molar-refractivity contribution < 1.29 is 9.50 Å². The number of nitrogens with zero attached hydrogens (tertiary/aromatic N) is 2. The van der Waals surface area contributed by atoms with Crippen LogP contribution in [0.2, 0.25) is 0 Å². The molecule has 18 heavy (non-hydrogen) atoms. The van der Waals surface area contributed by atoms with Gasteiger partial charge in [0.1, 0.15) is 11.6 Å². The zero-order valence-corrected chi connectivity index (χ0v) is 10.2. The summed E-state index contributed by atoms with van der Waals surface area (Å²) < 4.78 is 13.1. The molecule has 2 rings (SSSR count). The Morgan fingerprint density at radius 3 is 2.67 bits per heavy atom. The molecule has 5 heteroatoms. The van der Waals surface area contributed by atoms with E-state index in [9.17, 15) is 4.39 Å². The summed E-state index contributed by atoms with van der Waals surface area (Å²) in [7, 11) is 0. The van der Waals surface area contributed by atoms with Gasteiger partial charge >= 0.3 is 0 Å². The van der Waals surface area contributed by atoms with Crippen LogP contribution in [0, 0.1) is 19.7 Å². The zero-order valence-electron chi connectivity index (χ0n) is 10.2. The topological polar surface area (TPSA) is 58.0 Å². The van der Waals surface area contributed by atoms with E-state index in [0.717, 1.165) is 11.3 Å². The number of phenols is 1. The Morgan fingerprint density at radius 2 is 2.00 bits per heavy atom. The average molecular weight is 247 g/mol. The van der Waals surface area contributed by atoms with Crippen LogP contribution in [0.3, 0.4) is 0 Å². The van der Waals surface area contributed by atoms with Gasteiger partial charge in [-0.2, -0.15) is 0 Å². The minimum atomic E-state index is -0.621. The van der Waals surface area contributed by atoms with Crippen LogP contribution in [0.15, 0.2) is 24.3 Å². The standard InChI is InChI=1S/C13H14FN3O/c1-8-5-13(17-9(2)16-8)15-7-10-3-4-12(18)11(14)6-10/h3-6,18H,7H2,1-2H3,(H,15,16,17). The number of hydrogen-bond donors (Lipinski definition) is 2. The number of aromatic nitrogens is 2. The lowest BCUT2D eigenvalue weighted by Crippen LogP contribution is -2.04. The molecule has 0 saturated heterocycles. The molecule has 94 valence electrons. The maximum absolute atomic E-state index is 13.1. The highest BCUT2D eigenvalue weighted by Crippen LogP contribution is 2.17. The molecular formula is C13H14FN3O. The number of nitrogens with one attached hydrogen (secondary N) is 1. The van der Waals surface area contributed by atoms with E-state index in [2.05, 4.69) is 15.3 Å². The van der Waals surface area contributed by atoms with Crippen molar-refractivity contribution in [3.05, 3.63) is 47.2 Å². The van der Waals surface area contributed by atoms with Gasteiger partial charge in [-0.1, -0.05) is 6.07 Å². The number of aromatic hydroxyl groups is 1. The summed E-state index contributed by atoms with van der Waals surface area (Å²) in [6.45, 7) is 4.14.